The number of sulfone groups is 1. The highest BCUT2D eigenvalue weighted by Gasteiger charge is 2.29. The van der Waals surface area contributed by atoms with E-state index >= 15 is 0 Å². The lowest BCUT2D eigenvalue weighted by Gasteiger charge is -2.16. The Kier molecular flexibility index (Phi) is 4.97. The van der Waals surface area contributed by atoms with Crippen LogP contribution in [-0.4, -0.2) is 60.5 Å². The molecule has 8 nitrogen and oxygen atoms in total. The first-order valence-electron chi connectivity index (χ1n) is 7.46. The third kappa shape index (κ3) is 4.40. The number of likely N-dealkylation sites (N-methyl/N-ethyl adjacent to an activating group) is 1. The number of carbonyl (C=O) groups is 1. The lowest BCUT2D eigenvalue weighted by molar-refractivity contribution is -0.122. The minimum absolute atomic E-state index is 0.0241. The van der Waals surface area contributed by atoms with E-state index in [0.29, 0.717) is 24.7 Å². The standard InChI is InChI=1S/C14H18N4O4S2/c1-18(7-12(19)15-10-4-6-24(20,21)9-10)8-13-16-14(17-22-13)11-3-2-5-23-11/h2-3,5,10H,4,6-9H2,1H3,(H,15,19). The van der Waals surface area contributed by atoms with Gasteiger partial charge in [-0.2, -0.15) is 4.98 Å². The largest absolute Gasteiger partial charge is 0.351 e. The lowest BCUT2D eigenvalue weighted by Crippen LogP contribution is -2.41. The van der Waals surface area contributed by atoms with Crippen LogP contribution in [0.15, 0.2) is 22.0 Å². The molecular formula is C14H18N4O4S2. The van der Waals surface area contributed by atoms with E-state index < -0.39 is 9.84 Å². The highest BCUT2D eigenvalue weighted by Crippen LogP contribution is 2.21. The van der Waals surface area contributed by atoms with Crippen LogP contribution in [0.2, 0.25) is 0 Å². The molecule has 1 aliphatic rings. The zero-order chi connectivity index (χ0) is 17.2. The minimum atomic E-state index is -3.00. The molecule has 2 aromatic rings. The Morgan fingerprint density at radius 2 is 2.38 bits per heavy atom. The number of hydrogen-bond acceptors (Lipinski definition) is 8. The maximum Gasteiger partial charge on any atom is 0.241 e. The SMILES string of the molecule is CN(CC(=O)NC1CCS(=O)(=O)C1)Cc1nc(-c2cccs2)no1. The van der Waals surface area contributed by atoms with Crippen molar-refractivity contribution in [2.75, 3.05) is 25.1 Å². The molecule has 3 rings (SSSR count). The fourth-order valence-corrected chi connectivity index (χ4v) is 4.86. The van der Waals surface area contributed by atoms with Gasteiger partial charge in [-0.25, -0.2) is 8.42 Å². The van der Waals surface area contributed by atoms with Gasteiger partial charge in [-0.15, -0.1) is 11.3 Å². The summed E-state index contributed by atoms with van der Waals surface area (Å²) in [5.41, 5.74) is 0. The molecule has 10 heteroatoms. The number of rotatable bonds is 6. The fourth-order valence-electron chi connectivity index (χ4n) is 2.54. The predicted octanol–water partition coefficient (Wildman–Crippen LogP) is 0.533. The zero-order valence-electron chi connectivity index (χ0n) is 13.1. The molecule has 1 unspecified atom stereocenters. The van der Waals surface area contributed by atoms with Crippen LogP contribution in [0.25, 0.3) is 10.7 Å². The van der Waals surface area contributed by atoms with Crippen molar-refractivity contribution in [2.45, 2.75) is 19.0 Å². The summed E-state index contributed by atoms with van der Waals surface area (Å²) in [5, 5.41) is 8.61. The Hall–Kier alpha value is -1.78. The summed E-state index contributed by atoms with van der Waals surface area (Å²) in [4.78, 5) is 19.0. The van der Waals surface area contributed by atoms with Gasteiger partial charge < -0.3 is 9.84 Å². The second kappa shape index (κ2) is 6.99. The molecule has 0 spiro atoms. The van der Waals surface area contributed by atoms with Crippen LogP contribution in [0.3, 0.4) is 0 Å². The van der Waals surface area contributed by atoms with Crippen LogP contribution in [0.1, 0.15) is 12.3 Å². The summed E-state index contributed by atoms with van der Waals surface area (Å²) >= 11 is 1.52. The summed E-state index contributed by atoms with van der Waals surface area (Å²) in [5.74, 6) is 0.918. The topological polar surface area (TPSA) is 105 Å². The molecule has 0 aromatic carbocycles. The van der Waals surface area contributed by atoms with Crippen LogP contribution in [0, 0.1) is 0 Å². The van der Waals surface area contributed by atoms with Crippen molar-refractivity contribution >= 4 is 27.1 Å². The summed E-state index contributed by atoms with van der Waals surface area (Å²) in [7, 11) is -1.23. The summed E-state index contributed by atoms with van der Waals surface area (Å²) < 4.78 is 28.0. The van der Waals surface area contributed by atoms with Crippen molar-refractivity contribution in [3.63, 3.8) is 0 Å². The third-order valence-electron chi connectivity index (χ3n) is 3.63. The molecule has 1 fully saturated rings. The van der Waals surface area contributed by atoms with Gasteiger partial charge in [0.15, 0.2) is 9.84 Å². The van der Waals surface area contributed by atoms with Gasteiger partial charge in [0.25, 0.3) is 0 Å². The van der Waals surface area contributed by atoms with Gasteiger partial charge in [0.1, 0.15) is 0 Å². The van der Waals surface area contributed by atoms with Gasteiger partial charge in [0.2, 0.25) is 17.6 Å². The van der Waals surface area contributed by atoms with Crippen molar-refractivity contribution in [1.82, 2.24) is 20.4 Å². The third-order valence-corrected chi connectivity index (χ3v) is 6.26. The Morgan fingerprint density at radius 1 is 1.54 bits per heavy atom. The molecule has 1 N–H and O–H groups in total. The van der Waals surface area contributed by atoms with Crippen molar-refractivity contribution < 1.29 is 17.7 Å². The second-order valence-corrected chi connectivity index (χ2v) is 9.01. The average molecular weight is 370 g/mol. The van der Waals surface area contributed by atoms with Crippen molar-refractivity contribution in [2.24, 2.45) is 0 Å². The second-order valence-electron chi connectivity index (χ2n) is 5.83. The Balaban J connectivity index is 1.49. The number of amides is 1. The van der Waals surface area contributed by atoms with E-state index in [2.05, 4.69) is 15.5 Å². The Morgan fingerprint density at radius 3 is 3.04 bits per heavy atom. The summed E-state index contributed by atoms with van der Waals surface area (Å²) in [6, 6.07) is 3.53. The Labute approximate surface area is 143 Å². The van der Waals surface area contributed by atoms with Gasteiger partial charge in [-0.1, -0.05) is 11.2 Å². The monoisotopic (exact) mass is 370 g/mol. The first-order valence-corrected chi connectivity index (χ1v) is 10.2. The molecule has 0 radical (unpaired) electrons. The maximum absolute atomic E-state index is 12.0. The smallest absolute Gasteiger partial charge is 0.241 e. The number of nitrogens with one attached hydrogen (secondary N) is 1. The first kappa shape index (κ1) is 17.1. The molecule has 2 aromatic heterocycles. The molecule has 0 bridgehead atoms. The maximum atomic E-state index is 12.0. The molecule has 130 valence electrons. The van der Waals surface area contributed by atoms with Gasteiger partial charge in [0.05, 0.1) is 29.5 Å². The van der Waals surface area contributed by atoms with Crippen LogP contribution >= 0.6 is 11.3 Å². The number of nitrogens with zero attached hydrogens (tertiary/aromatic N) is 3. The molecule has 1 atom stereocenters. The lowest BCUT2D eigenvalue weighted by atomic mass is 10.2. The molecule has 1 aliphatic heterocycles. The molecule has 0 aliphatic carbocycles. The zero-order valence-corrected chi connectivity index (χ0v) is 14.8. The number of hydrogen-bond donors (Lipinski definition) is 1. The predicted molar refractivity (Wildman–Crippen MR) is 89.1 cm³/mol. The van der Waals surface area contributed by atoms with E-state index in [1.54, 1.807) is 11.9 Å². The quantitative estimate of drug-likeness (QED) is 0.791. The van der Waals surface area contributed by atoms with Gasteiger partial charge in [-0.3, -0.25) is 9.69 Å². The number of carbonyl (C=O) groups excluding carboxylic acids is 1. The summed E-state index contributed by atoms with van der Waals surface area (Å²) in [6.45, 7) is 0.474. The molecule has 3 heterocycles. The molecule has 0 saturated carbocycles. The van der Waals surface area contributed by atoms with Crippen molar-refractivity contribution in [3.05, 3.63) is 23.4 Å². The van der Waals surface area contributed by atoms with Crippen LogP contribution in [-0.2, 0) is 21.2 Å². The molecule has 1 saturated heterocycles. The number of aromatic nitrogens is 2. The molecule has 24 heavy (non-hydrogen) atoms. The Bertz CT molecular complexity index is 801. The molecular weight excluding hydrogens is 352 g/mol. The van der Waals surface area contributed by atoms with E-state index in [9.17, 15) is 13.2 Å². The van der Waals surface area contributed by atoms with E-state index in [0.717, 1.165) is 4.88 Å². The van der Waals surface area contributed by atoms with Crippen LogP contribution < -0.4 is 5.32 Å². The van der Waals surface area contributed by atoms with E-state index in [4.69, 9.17) is 4.52 Å². The van der Waals surface area contributed by atoms with Crippen LogP contribution in [0.4, 0.5) is 0 Å². The highest BCUT2D eigenvalue weighted by atomic mass is 32.2. The highest BCUT2D eigenvalue weighted by molar-refractivity contribution is 7.91. The normalized spacial score (nSPS) is 19.7. The van der Waals surface area contributed by atoms with Crippen molar-refractivity contribution in [1.29, 1.82) is 0 Å². The fraction of sp³-hybridized carbons (Fsp3) is 0.500. The molecule has 1 amide bonds. The average Bonchev–Trinajstić information content (AvgIpc) is 3.19. The van der Waals surface area contributed by atoms with Gasteiger partial charge in [0, 0.05) is 6.04 Å². The van der Waals surface area contributed by atoms with E-state index in [1.807, 2.05) is 17.5 Å². The van der Waals surface area contributed by atoms with E-state index in [-0.39, 0.29) is 30.0 Å². The summed E-state index contributed by atoms with van der Waals surface area (Å²) in [6.07, 6.45) is 0.478. The first-order chi connectivity index (χ1) is 11.4. The van der Waals surface area contributed by atoms with Gasteiger partial charge in [-0.05, 0) is 24.9 Å². The number of thiophene rings is 1. The minimum Gasteiger partial charge on any atom is -0.351 e. The van der Waals surface area contributed by atoms with Crippen LogP contribution in [0.5, 0.6) is 0 Å². The van der Waals surface area contributed by atoms with Crippen molar-refractivity contribution in [3.8, 4) is 10.7 Å². The van der Waals surface area contributed by atoms with Gasteiger partial charge >= 0.3 is 0 Å². The van der Waals surface area contributed by atoms with E-state index in [1.165, 1.54) is 11.3 Å².